The fourth-order valence-electron chi connectivity index (χ4n) is 3.61. The van der Waals surface area contributed by atoms with E-state index in [4.69, 9.17) is 10.3 Å². The van der Waals surface area contributed by atoms with Gasteiger partial charge in [0.15, 0.2) is 17.2 Å². The number of aliphatic hydroxyl groups is 1. The van der Waals surface area contributed by atoms with E-state index >= 15 is 0 Å². The van der Waals surface area contributed by atoms with E-state index in [0.29, 0.717) is 23.6 Å². The summed E-state index contributed by atoms with van der Waals surface area (Å²) in [4.78, 5) is 18.4. The van der Waals surface area contributed by atoms with Crippen molar-refractivity contribution >= 4 is 22.8 Å². The molecule has 0 aliphatic carbocycles. The van der Waals surface area contributed by atoms with Gasteiger partial charge in [-0.2, -0.15) is 5.10 Å². The first kappa shape index (κ1) is 17.4. The number of aromatic nitrogens is 4. The maximum absolute atomic E-state index is 12.3. The average Bonchev–Trinajstić information content (AvgIpc) is 3.44. The summed E-state index contributed by atoms with van der Waals surface area (Å²) in [5, 5.41) is 21.5. The Balaban J connectivity index is 1.51. The second-order valence-electron chi connectivity index (χ2n) is 7.20. The Labute approximate surface area is 165 Å². The number of likely N-dealkylation sites (N-methyl/N-ethyl adjacent to an activating group) is 1. The number of nitrogen functional groups attached to an aromatic ring is 1. The molecule has 1 saturated heterocycles. The molecule has 9 heteroatoms. The van der Waals surface area contributed by atoms with Gasteiger partial charge in [0.1, 0.15) is 11.2 Å². The molecular weight excluding hydrogens is 372 g/mol. The van der Waals surface area contributed by atoms with Crippen molar-refractivity contribution in [2.24, 2.45) is 0 Å². The zero-order valence-corrected chi connectivity index (χ0v) is 15.6. The normalized spacial score (nSPS) is 19.4. The molecule has 1 fully saturated rings. The summed E-state index contributed by atoms with van der Waals surface area (Å²) in [7, 11) is 1.65. The van der Waals surface area contributed by atoms with Crippen LogP contribution in [-0.4, -0.2) is 49.8 Å². The van der Waals surface area contributed by atoms with E-state index in [2.05, 4.69) is 20.3 Å². The predicted molar refractivity (Wildman–Crippen MR) is 105 cm³/mol. The van der Waals surface area contributed by atoms with Gasteiger partial charge < -0.3 is 20.3 Å². The van der Waals surface area contributed by atoms with Crippen LogP contribution in [-0.2, 0) is 10.4 Å². The van der Waals surface area contributed by atoms with E-state index in [1.54, 1.807) is 13.1 Å². The Hall–Kier alpha value is -3.72. The fraction of sp³-hybridized carbons (Fsp3) is 0.200. The molecular formula is C20H18N6O3. The number of hydrogen-bond donors (Lipinski definition) is 3. The number of nitrogens with two attached hydrogens (primary N) is 1. The number of anilines is 1. The molecule has 4 heterocycles. The second-order valence-corrected chi connectivity index (χ2v) is 7.20. The summed E-state index contributed by atoms with van der Waals surface area (Å²) in [6.45, 7) is 0.471. The van der Waals surface area contributed by atoms with Crippen molar-refractivity contribution in [3.63, 3.8) is 0 Å². The van der Waals surface area contributed by atoms with Gasteiger partial charge in [-0.1, -0.05) is 23.4 Å². The smallest absolute Gasteiger partial charge is 0.260 e. The van der Waals surface area contributed by atoms with Crippen molar-refractivity contribution in [1.82, 2.24) is 25.2 Å². The Kier molecular flexibility index (Phi) is 3.68. The number of amides is 1. The lowest BCUT2D eigenvalue weighted by atomic mass is 9.97. The molecule has 3 aromatic heterocycles. The van der Waals surface area contributed by atoms with Crippen LogP contribution in [0.3, 0.4) is 0 Å². The molecule has 1 aromatic carbocycles. The van der Waals surface area contributed by atoms with Crippen LogP contribution >= 0.6 is 0 Å². The maximum Gasteiger partial charge on any atom is 0.260 e. The topological polar surface area (TPSA) is 134 Å². The van der Waals surface area contributed by atoms with Crippen LogP contribution in [0.15, 0.2) is 47.0 Å². The van der Waals surface area contributed by atoms with Gasteiger partial charge in [-0.25, -0.2) is 4.98 Å². The number of carbonyl (C=O) groups is 1. The fourth-order valence-corrected chi connectivity index (χ4v) is 3.61. The molecule has 1 unspecified atom stereocenters. The third kappa shape index (κ3) is 2.66. The van der Waals surface area contributed by atoms with Gasteiger partial charge in [0, 0.05) is 37.2 Å². The first-order valence-electron chi connectivity index (χ1n) is 9.12. The van der Waals surface area contributed by atoms with Crippen LogP contribution in [0.25, 0.3) is 33.6 Å². The molecule has 1 amide bonds. The molecule has 4 aromatic rings. The number of aromatic amines is 1. The summed E-state index contributed by atoms with van der Waals surface area (Å²) in [6, 6.07) is 12.9. The molecule has 1 aliphatic heterocycles. The highest BCUT2D eigenvalue weighted by Crippen LogP contribution is 2.35. The lowest BCUT2D eigenvalue weighted by Gasteiger charge is -2.16. The predicted octanol–water partition coefficient (Wildman–Crippen LogP) is 1.91. The van der Waals surface area contributed by atoms with Gasteiger partial charge in [-0.3, -0.25) is 9.89 Å². The van der Waals surface area contributed by atoms with Crippen LogP contribution in [0, 0.1) is 0 Å². The third-order valence-corrected chi connectivity index (χ3v) is 5.32. The van der Waals surface area contributed by atoms with Crippen molar-refractivity contribution in [3.05, 3.63) is 48.2 Å². The van der Waals surface area contributed by atoms with Crippen LogP contribution in [0.5, 0.6) is 0 Å². The minimum absolute atomic E-state index is 0.220. The summed E-state index contributed by atoms with van der Waals surface area (Å²) in [5.74, 6) is 0.431. The minimum Gasteiger partial charge on any atom is -0.380 e. The van der Waals surface area contributed by atoms with Crippen LogP contribution in [0.1, 0.15) is 12.1 Å². The molecule has 1 aliphatic rings. The summed E-state index contributed by atoms with van der Waals surface area (Å²) in [5.41, 5.74) is 8.17. The number of H-pyrrole nitrogens is 1. The van der Waals surface area contributed by atoms with Crippen molar-refractivity contribution in [2.75, 3.05) is 19.3 Å². The van der Waals surface area contributed by atoms with E-state index < -0.39 is 5.60 Å². The van der Waals surface area contributed by atoms with Crippen molar-refractivity contribution < 1.29 is 14.4 Å². The van der Waals surface area contributed by atoms with E-state index in [-0.39, 0.29) is 18.0 Å². The van der Waals surface area contributed by atoms with E-state index in [1.807, 2.05) is 36.4 Å². The summed E-state index contributed by atoms with van der Waals surface area (Å²) < 4.78 is 5.44. The molecule has 146 valence electrons. The average molecular weight is 390 g/mol. The summed E-state index contributed by atoms with van der Waals surface area (Å²) >= 11 is 0. The van der Waals surface area contributed by atoms with Crippen molar-refractivity contribution in [2.45, 2.75) is 12.0 Å². The molecule has 0 spiro atoms. The monoisotopic (exact) mass is 390 g/mol. The first-order chi connectivity index (χ1) is 14.0. The number of nitrogens with zero attached hydrogens (tertiary/aromatic N) is 4. The highest BCUT2D eigenvalue weighted by Gasteiger charge is 2.47. The van der Waals surface area contributed by atoms with Gasteiger partial charge >= 0.3 is 0 Å². The molecule has 0 saturated carbocycles. The quantitative estimate of drug-likeness (QED) is 0.486. The lowest BCUT2D eigenvalue weighted by molar-refractivity contribution is -0.143. The number of hydrogen-bond acceptors (Lipinski definition) is 7. The number of nitrogens with one attached hydrogen (secondary N) is 1. The Morgan fingerprint density at radius 1 is 1.24 bits per heavy atom. The number of likely N-dealkylation sites (tertiary alicyclic amines) is 1. The van der Waals surface area contributed by atoms with Gasteiger partial charge in [0.05, 0.1) is 11.2 Å². The van der Waals surface area contributed by atoms with E-state index in [1.165, 1.54) is 4.90 Å². The molecule has 29 heavy (non-hydrogen) atoms. The molecule has 0 radical (unpaired) electrons. The van der Waals surface area contributed by atoms with Crippen molar-refractivity contribution in [1.29, 1.82) is 0 Å². The Morgan fingerprint density at radius 2 is 2.07 bits per heavy atom. The van der Waals surface area contributed by atoms with Gasteiger partial charge in [-0.05, 0) is 18.2 Å². The molecule has 0 bridgehead atoms. The summed E-state index contributed by atoms with van der Waals surface area (Å²) in [6.07, 6.45) is 0.282. The zero-order valence-electron chi connectivity index (χ0n) is 15.6. The van der Waals surface area contributed by atoms with Crippen LogP contribution < -0.4 is 5.73 Å². The van der Waals surface area contributed by atoms with Gasteiger partial charge in [-0.15, -0.1) is 0 Å². The molecule has 5 rings (SSSR count). The SMILES string of the molecule is CN1CCC(O)(c2cc(-c3cccc(-c4ccc5[nH]nc(N)c5n4)c3)on2)C1=O. The second kappa shape index (κ2) is 6.14. The Morgan fingerprint density at radius 3 is 2.86 bits per heavy atom. The number of carbonyl (C=O) groups excluding carboxylic acids is 1. The molecule has 1 atom stereocenters. The number of rotatable bonds is 3. The van der Waals surface area contributed by atoms with Gasteiger partial charge in [0.25, 0.3) is 5.91 Å². The van der Waals surface area contributed by atoms with E-state index in [9.17, 15) is 9.90 Å². The van der Waals surface area contributed by atoms with Gasteiger partial charge in [0.2, 0.25) is 0 Å². The first-order valence-corrected chi connectivity index (χ1v) is 9.12. The number of fused-ring (bicyclic) bond motifs is 1. The lowest BCUT2D eigenvalue weighted by Crippen LogP contribution is -2.36. The number of benzene rings is 1. The number of pyridine rings is 1. The van der Waals surface area contributed by atoms with Crippen LogP contribution in [0.4, 0.5) is 5.82 Å². The largest absolute Gasteiger partial charge is 0.380 e. The molecule has 4 N–H and O–H groups in total. The third-order valence-electron chi connectivity index (χ3n) is 5.32. The highest BCUT2D eigenvalue weighted by atomic mass is 16.5. The Bertz CT molecular complexity index is 1250. The van der Waals surface area contributed by atoms with E-state index in [0.717, 1.165) is 22.3 Å². The van der Waals surface area contributed by atoms with Crippen molar-refractivity contribution in [3.8, 4) is 22.6 Å². The molecule has 9 nitrogen and oxygen atoms in total. The highest BCUT2D eigenvalue weighted by molar-refractivity contribution is 5.88. The van der Waals surface area contributed by atoms with Crippen LogP contribution in [0.2, 0.25) is 0 Å². The zero-order chi connectivity index (χ0) is 20.2. The minimum atomic E-state index is -1.64. The standard InChI is InChI=1S/C20H18N6O3/c1-26-8-7-20(28,19(26)27)16-10-15(29-25-16)12-4-2-3-11(9-12)13-5-6-14-17(22-13)18(21)24-23-14/h2-6,9-10,28H,7-8H2,1H3,(H3,21,23,24). The maximum atomic E-state index is 12.3.